The summed E-state index contributed by atoms with van der Waals surface area (Å²) in [5.41, 5.74) is 5.35. The number of nitrogens with two attached hydrogens (primary N) is 1. The van der Waals surface area contributed by atoms with E-state index in [-0.39, 0.29) is 5.97 Å². The van der Waals surface area contributed by atoms with E-state index >= 15 is 0 Å². The molecule has 0 aliphatic carbocycles. The van der Waals surface area contributed by atoms with Gasteiger partial charge in [-0.1, -0.05) is 38.8 Å². The van der Waals surface area contributed by atoms with Crippen molar-refractivity contribution in [2.75, 3.05) is 6.61 Å². The Morgan fingerprint density at radius 2 is 1.94 bits per heavy atom. The average Bonchev–Trinajstić information content (AvgIpc) is 2.21. The molecule has 0 bridgehead atoms. The molecule has 0 saturated carbocycles. The van der Waals surface area contributed by atoms with Crippen LogP contribution in [-0.2, 0) is 9.53 Å². The Balaban J connectivity index is 3.32. The second-order valence-electron chi connectivity index (χ2n) is 4.57. The molecule has 0 amide bonds. The Morgan fingerprint density at radius 3 is 2.50 bits per heavy atom. The molecule has 0 heterocycles. The van der Waals surface area contributed by atoms with Crippen LogP contribution in [0.3, 0.4) is 0 Å². The monoisotopic (exact) mass is 227 g/mol. The highest BCUT2D eigenvalue weighted by Crippen LogP contribution is 2.08. The third-order valence-electron chi connectivity index (χ3n) is 2.26. The van der Waals surface area contributed by atoms with Gasteiger partial charge in [-0.25, -0.2) is 0 Å². The van der Waals surface area contributed by atoms with Crippen LogP contribution in [-0.4, -0.2) is 18.6 Å². The SMILES string of the molecule is CC(C)CCCCC=CCOC(=O)C(C)N. The molecule has 0 spiro atoms. The van der Waals surface area contributed by atoms with Crippen molar-refractivity contribution in [1.29, 1.82) is 0 Å². The molecule has 0 aliphatic rings. The van der Waals surface area contributed by atoms with Gasteiger partial charge in [0.25, 0.3) is 0 Å². The first-order valence-corrected chi connectivity index (χ1v) is 6.11. The van der Waals surface area contributed by atoms with E-state index in [1.54, 1.807) is 6.92 Å². The Hall–Kier alpha value is -0.830. The summed E-state index contributed by atoms with van der Waals surface area (Å²) in [7, 11) is 0. The lowest BCUT2D eigenvalue weighted by atomic mass is 10.1. The molecule has 0 aromatic heterocycles. The van der Waals surface area contributed by atoms with Crippen molar-refractivity contribution in [1.82, 2.24) is 0 Å². The van der Waals surface area contributed by atoms with Gasteiger partial charge >= 0.3 is 5.97 Å². The zero-order valence-corrected chi connectivity index (χ0v) is 10.7. The third kappa shape index (κ3) is 9.71. The lowest BCUT2D eigenvalue weighted by molar-refractivity contribution is -0.143. The van der Waals surface area contributed by atoms with Gasteiger partial charge in [0.2, 0.25) is 0 Å². The first-order chi connectivity index (χ1) is 7.54. The Kier molecular flexibility index (Phi) is 8.91. The second kappa shape index (κ2) is 9.40. The van der Waals surface area contributed by atoms with Crippen molar-refractivity contribution in [2.24, 2.45) is 11.7 Å². The molecule has 0 radical (unpaired) electrons. The predicted octanol–water partition coefficient (Wildman–Crippen LogP) is 2.65. The highest BCUT2D eigenvalue weighted by molar-refractivity contribution is 5.74. The van der Waals surface area contributed by atoms with Crippen LogP contribution in [0, 0.1) is 5.92 Å². The number of unbranched alkanes of at least 4 members (excludes halogenated alkanes) is 2. The zero-order chi connectivity index (χ0) is 12.4. The Bertz CT molecular complexity index is 210. The quantitative estimate of drug-likeness (QED) is 0.394. The van der Waals surface area contributed by atoms with Gasteiger partial charge in [-0.3, -0.25) is 4.79 Å². The maximum Gasteiger partial charge on any atom is 0.322 e. The molecule has 1 unspecified atom stereocenters. The van der Waals surface area contributed by atoms with E-state index < -0.39 is 6.04 Å². The average molecular weight is 227 g/mol. The van der Waals surface area contributed by atoms with Crippen LogP contribution in [0.2, 0.25) is 0 Å². The minimum absolute atomic E-state index is 0.338. The first kappa shape index (κ1) is 15.2. The van der Waals surface area contributed by atoms with Crippen LogP contribution < -0.4 is 5.73 Å². The number of hydrogen-bond donors (Lipinski definition) is 1. The van der Waals surface area contributed by atoms with Gasteiger partial charge < -0.3 is 10.5 Å². The number of allylic oxidation sites excluding steroid dienone is 1. The van der Waals surface area contributed by atoms with Crippen molar-refractivity contribution < 1.29 is 9.53 Å². The van der Waals surface area contributed by atoms with E-state index in [1.165, 1.54) is 19.3 Å². The van der Waals surface area contributed by atoms with Crippen LogP contribution in [0.4, 0.5) is 0 Å². The number of rotatable bonds is 8. The van der Waals surface area contributed by atoms with Gasteiger partial charge in [-0.2, -0.15) is 0 Å². The lowest BCUT2D eigenvalue weighted by Crippen LogP contribution is -2.28. The van der Waals surface area contributed by atoms with Crippen LogP contribution >= 0.6 is 0 Å². The molecule has 0 rings (SSSR count). The summed E-state index contributed by atoms with van der Waals surface area (Å²) in [6, 6.07) is -0.528. The molecule has 0 saturated heterocycles. The highest BCUT2D eigenvalue weighted by atomic mass is 16.5. The minimum Gasteiger partial charge on any atom is -0.460 e. The van der Waals surface area contributed by atoms with Crippen molar-refractivity contribution in [3.63, 3.8) is 0 Å². The van der Waals surface area contributed by atoms with Crippen molar-refractivity contribution in [3.05, 3.63) is 12.2 Å². The summed E-state index contributed by atoms with van der Waals surface area (Å²) in [6.45, 7) is 6.44. The van der Waals surface area contributed by atoms with E-state index in [4.69, 9.17) is 10.5 Å². The lowest BCUT2D eigenvalue weighted by Gasteiger charge is -2.04. The van der Waals surface area contributed by atoms with E-state index in [0.717, 1.165) is 12.3 Å². The van der Waals surface area contributed by atoms with Gasteiger partial charge in [0.15, 0.2) is 0 Å². The number of esters is 1. The number of ether oxygens (including phenoxy) is 1. The fourth-order valence-electron chi connectivity index (χ4n) is 1.26. The standard InChI is InChI=1S/C13H25NO2/c1-11(2)9-7-5-4-6-8-10-16-13(15)12(3)14/h6,8,11-12H,4-5,7,9-10,14H2,1-3H3. The van der Waals surface area contributed by atoms with E-state index in [1.807, 2.05) is 6.08 Å². The maximum absolute atomic E-state index is 11.0. The smallest absolute Gasteiger partial charge is 0.322 e. The van der Waals surface area contributed by atoms with E-state index in [0.29, 0.717) is 6.61 Å². The molecular weight excluding hydrogens is 202 g/mol. The largest absolute Gasteiger partial charge is 0.460 e. The van der Waals surface area contributed by atoms with Gasteiger partial charge in [0.05, 0.1) is 0 Å². The molecule has 94 valence electrons. The zero-order valence-electron chi connectivity index (χ0n) is 10.7. The van der Waals surface area contributed by atoms with Crippen LogP contribution in [0.1, 0.15) is 46.5 Å². The minimum atomic E-state index is -0.528. The molecular formula is C13H25NO2. The number of hydrogen-bond acceptors (Lipinski definition) is 3. The first-order valence-electron chi connectivity index (χ1n) is 6.11. The second-order valence-corrected chi connectivity index (χ2v) is 4.57. The van der Waals surface area contributed by atoms with Crippen molar-refractivity contribution in [3.8, 4) is 0 Å². The maximum atomic E-state index is 11.0. The summed E-state index contributed by atoms with van der Waals surface area (Å²) < 4.78 is 4.90. The molecule has 16 heavy (non-hydrogen) atoms. The molecule has 0 aromatic rings. The Labute approximate surface area is 99.0 Å². The molecule has 0 aromatic carbocycles. The summed E-state index contributed by atoms with van der Waals surface area (Å²) in [5, 5.41) is 0. The van der Waals surface area contributed by atoms with E-state index in [2.05, 4.69) is 19.9 Å². The molecule has 2 N–H and O–H groups in total. The summed E-state index contributed by atoms with van der Waals surface area (Å²) in [5.74, 6) is 0.445. The van der Waals surface area contributed by atoms with E-state index in [9.17, 15) is 4.79 Å². The van der Waals surface area contributed by atoms with Gasteiger partial charge in [-0.15, -0.1) is 0 Å². The van der Waals surface area contributed by atoms with Crippen molar-refractivity contribution in [2.45, 2.75) is 52.5 Å². The van der Waals surface area contributed by atoms with Crippen LogP contribution in [0.5, 0.6) is 0 Å². The van der Waals surface area contributed by atoms with Crippen molar-refractivity contribution >= 4 is 5.97 Å². The Morgan fingerprint density at radius 1 is 1.25 bits per heavy atom. The summed E-state index contributed by atoms with van der Waals surface area (Å²) in [6.07, 6.45) is 8.76. The molecule has 3 nitrogen and oxygen atoms in total. The van der Waals surface area contributed by atoms with Gasteiger partial charge in [-0.05, 0) is 25.7 Å². The fraction of sp³-hybridized carbons (Fsp3) is 0.769. The highest BCUT2D eigenvalue weighted by Gasteiger charge is 2.06. The summed E-state index contributed by atoms with van der Waals surface area (Å²) >= 11 is 0. The molecule has 3 heteroatoms. The fourth-order valence-corrected chi connectivity index (χ4v) is 1.26. The molecule has 0 aliphatic heterocycles. The third-order valence-corrected chi connectivity index (χ3v) is 2.26. The van der Waals surface area contributed by atoms with Gasteiger partial charge in [0.1, 0.15) is 12.6 Å². The molecule has 1 atom stereocenters. The van der Waals surface area contributed by atoms with Crippen LogP contribution in [0.25, 0.3) is 0 Å². The van der Waals surface area contributed by atoms with Gasteiger partial charge in [0, 0.05) is 0 Å². The topological polar surface area (TPSA) is 52.3 Å². The summed E-state index contributed by atoms with van der Waals surface area (Å²) in [4.78, 5) is 11.0. The number of carbonyl (C=O) groups excluding carboxylic acids is 1. The predicted molar refractivity (Wildman–Crippen MR) is 67.1 cm³/mol. The molecule has 0 fully saturated rings. The van der Waals surface area contributed by atoms with Crippen LogP contribution in [0.15, 0.2) is 12.2 Å². The number of carbonyl (C=O) groups is 1. The normalized spacial score (nSPS) is 13.3.